The second kappa shape index (κ2) is 5.25. The van der Waals surface area contributed by atoms with Crippen molar-refractivity contribution in [3.8, 4) is 0 Å². The van der Waals surface area contributed by atoms with Crippen LogP contribution in [-0.4, -0.2) is 12.5 Å². The Labute approximate surface area is 119 Å². The summed E-state index contributed by atoms with van der Waals surface area (Å²) in [5.41, 5.74) is 6.72. The van der Waals surface area contributed by atoms with Gasteiger partial charge in [-0.25, -0.2) is 0 Å². The van der Waals surface area contributed by atoms with Crippen LogP contribution in [0.3, 0.4) is 0 Å². The highest BCUT2D eigenvalue weighted by atomic mass is 16.1. The zero-order valence-corrected chi connectivity index (χ0v) is 11.6. The molecule has 20 heavy (non-hydrogen) atoms. The lowest BCUT2D eigenvalue weighted by atomic mass is 9.66. The van der Waals surface area contributed by atoms with E-state index in [1.807, 2.05) is 30.3 Å². The lowest BCUT2D eigenvalue weighted by Gasteiger charge is -2.40. The van der Waals surface area contributed by atoms with Gasteiger partial charge in [-0.05, 0) is 47.7 Å². The van der Waals surface area contributed by atoms with Crippen molar-refractivity contribution in [3.05, 3.63) is 42.5 Å². The number of carbonyl (C=O) groups excluding carboxylic acids is 1. The van der Waals surface area contributed by atoms with E-state index in [1.165, 1.54) is 11.8 Å². The molecule has 0 spiro atoms. The van der Waals surface area contributed by atoms with Crippen LogP contribution in [0.25, 0.3) is 10.8 Å². The minimum atomic E-state index is 0.0565. The maximum atomic E-state index is 12.1. The van der Waals surface area contributed by atoms with Crippen molar-refractivity contribution in [1.29, 1.82) is 0 Å². The molecule has 2 aromatic carbocycles. The van der Waals surface area contributed by atoms with Gasteiger partial charge in [0, 0.05) is 12.1 Å². The third-order valence-corrected chi connectivity index (χ3v) is 4.42. The maximum absolute atomic E-state index is 12.1. The van der Waals surface area contributed by atoms with Crippen molar-refractivity contribution in [3.63, 3.8) is 0 Å². The van der Waals surface area contributed by atoms with Crippen molar-refractivity contribution in [2.45, 2.75) is 25.7 Å². The Hall–Kier alpha value is -1.87. The third kappa shape index (κ3) is 2.54. The normalized spacial score (nSPS) is 16.6. The van der Waals surface area contributed by atoms with Crippen LogP contribution in [0.4, 0.5) is 5.69 Å². The standard InChI is InChI=1S/C17H20N2O/c18-12-17(8-3-9-17)11-16(20)19-15-7-6-13-4-1-2-5-14(13)10-15/h1-2,4-7,10H,3,8-9,11-12,18H2,(H,19,20). The van der Waals surface area contributed by atoms with E-state index in [2.05, 4.69) is 17.4 Å². The van der Waals surface area contributed by atoms with E-state index in [1.54, 1.807) is 0 Å². The molecule has 0 saturated heterocycles. The number of anilines is 1. The van der Waals surface area contributed by atoms with Crippen molar-refractivity contribution >= 4 is 22.4 Å². The first-order valence-corrected chi connectivity index (χ1v) is 7.20. The van der Waals surface area contributed by atoms with Crippen molar-refractivity contribution in [2.75, 3.05) is 11.9 Å². The van der Waals surface area contributed by atoms with Gasteiger partial charge in [0.1, 0.15) is 0 Å². The molecular weight excluding hydrogens is 248 g/mol. The summed E-state index contributed by atoms with van der Waals surface area (Å²) in [5.74, 6) is 0.0745. The quantitative estimate of drug-likeness (QED) is 0.894. The summed E-state index contributed by atoms with van der Waals surface area (Å²) in [4.78, 5) is 12.1. The van der Waals surface area contributed by atoms with E-state index in [4.69, 9.17) is 5.73 Å². The summed E-state index contributed by atoms with van der Waals surface area (Å²) in [6.45, 7) is 0.609. The lowest BCUT2D eigenvalue weighted by Crippen LogP contribution is -2.40. The van der Waals surface area contributed by atoms with E-state index < -0.39 is 0 Å². The van der Waals surface area contributed by atoms with E-state index in [0.29, 0.717) is 13.0 Å². The summed E-state index contributed by atoms with van der Waals surface area (Å²) < 4.78 is 0. The van der Waals surface area contributed by atoms with Crippen molar-refractivity contribution < 1.29 is 4.79 Å². The summed E-state index contributed by atoms with van der Waals surface area (Å²) in [7, 11) is 0. The fourth-order valence-corrected chi connectivity index (χ4v) is 2.94. The molecule has 0 aromatic heterocycles. The number of carbonyl (C=O) groups is 1. The Morgan fingerprint density at radius 2 is 1.90 bits per heavy atom. The molecule has 3 nitrogen and oxygen atoms in total. The van der Waals surface area contributed by atoms with Gasteiger partial charge >= 0.3 is 0 Å². The summed E-state index contributed by atoms with van der Waals surface area (Å²) in [6, 6.07) is 14.1. The molecule has 0 atom stereocenters. The van der Waals surface area contributed by atoms with Gasteiger partial charge in [0.05, 0.1) is 0 Å². The van der Waals surface area contributed by atoms with E-state index in [-0.39, 0.29) is 11.3 Å². The molecule has 2 aromatic rings. The molecule has 1 amide bonds. The topological polar surface area (TPSA) is 55.1 Å². The second-order valence-corrected chi connectivity index (χ2v) is 5.84. The van der Waals surface area contributed by atoms with E-state index in [9.17, 15) is 4.79 Å². The van der Waals surface area contributed by atoms with Crippen LogP contribution in [0.15, 0.2) is 42.5 Å². The van der Waals surface area contributed by atoms with Gasteiger partial charge in [0.25, 0.3) is 0 Å². The van der Waals surface area contributed by atoms with Crippen LogP contribution in [0.2, 0.25) is 0 Å². The summed E-state index contributed by atoms with van der Waals surface area (Å²) in [6.07, 6.45) is 3.89. The highest BCUT2D eigenvalue weighted by Crippen LogP contribution is 2.43. The number of fused-ring (bicyclic) bond motifs is 1. The minimum absolute atomic E-state index is 0.0565. The lowest BCUT2D eigenvalue weighted by molar-refractivity contribution is -0.119. The first-order chi connectivity index (χ1) is 9.71. The molecule has 0 heterocycles. The van der Waals surface area contributed by atoms with Gasteiger partial charge in [-0.3, -0.25) is 4.79 Å². The third-order valence-electron chi connectivity index (χ3n) is 4.42. The molecule has 0 unspecified atom stereocenters. The Kier molecular flexibility index (Phi) is 3.45. The van der Waals surface area contributed by atoms with Crippen molar-refractivity contribution in [1.82, 2.24) is 0 Å². The number of nitrogens with one attached hydrogen (secondary N) is 1. The van der Waals surface area contributed by atoms with Gasteiger partial charge in [-0.1, -0.05) is 36.8 Å². The molecule has 3 rings (SSSR count). The molecule has 3 heteroatoms. The van der Waals surface area contributed by atoms with E-state index in [0.717, 1.165) is 23.9 Å². The largest absolute Gasteiger partial charge is 0.330 e. The van der Waals surface area contributed by atoms with Gasteiger partial charge in [-0.2, -0.15) is 0 Å². The molecule has 0 aliphatic heterocycles. The zero-order valence-electron chi connectivity index (χ0n) is 11.6. The molecule has 0 bridgehead atoms. The molecular formula is C17H20N2O. The average molecular weight is 268 g/mol. The predicted octanol–water partition coefficient (Wildman–Crippen LogP) is 3.30. The fourth-order valence-electron chi connectivity index (χ4n) is 2.94. The molecule has 104 valence electrons. The first kappa shape index (κ1) is 13.1. The van der Waals surface area contributed by atoms with Crippen LogP contribution in [0.1, 0.15) is 25.7 Å². The Balaban J connectivity index is 1.71. The predicted molar refractivity (Wildman–Crippen MR) is 82.5 cm³/mol. The molecule has 1 fully saturated rings. The number of hydrogen-bond acceptors (Lipinski definition) is 2. The number of hydrogen-bond donors (Lipinski definition) is 2. The van der Waals surface area contributed by atoms with Crippen LogP contribution >= 0.6 is 0 Å². The summed E-state index contributed by atoms with van der Waals surface area (Å²) >= 11 is 0. The van der Waals surface area contributed by atoms with Gasteiger partial charge in [-0.15, -0.1) is 0 Å². The average Bonchev–Trinajstić information content (AvgIpc) is 2.43. The van der Waals surface area contributed by atoms with Crippen LogP contribution in [-0.2, 0) is 4.79 Å². The van der Waals surface area contributed by atoms with Gasteiger partial charge in [0.15, 0.2) is 0 Å². The Morgan fingerprint density at radius 1 is 1.15 bits per heavy atom. The number of nitrogens with two attached hydrogens (primary N) is 1. The monoisotopic (exact) mass is 268 g/mol. The minimum Gasteiger partial charge on any atom is -0.330 e. The highest BCUT2D eigenvalue weighted by molar-refractivity contribution is 5.94. The Bertz CT molecular complexity index is 626. The fraction of sp³-hybridized carbons (Fsp3) is 0.353. The van der Waals surface area contributed by atoms with Crippen LogP contribution in [0, 0.1) is 5.41 Å². The number of rotatable bonds is 4. The van der Waals surface area contributed by atoms with E-state index >= 15 is 0 Å². The second-order valence-electron chi connectivity index (χ2n) is 5.84. The molecule has 1 saturated carbocycles. The highest BCUT2D eigenvalue weighted by Gasteiger charge is 2.37. The number of amides is 1. The van der Waals surface area contributed by atoms with Gasteiger partial charge in [0.2, 0.25) is 5.91 Å². The smallest absolute Gasteiger partial charge is 0.224 e. The van der Waals surface area contributed by atoms with Crippen LogP contribution in [0.5, 0.6) is 0 Å². The maximum Gasteiger partial charge on any atom is 0.224 e. The molecule has 3 N–H and O–H groups in total. The SMILES string of the molecule is NCC1(CC(=O)Nc2ccc3ccccc3c2)CCC1. The molecule has 0 radical (unpaired) electrons. The first-order valence-electron chi connectivity index (χ1n) is 7.20. The number of benzene rings is 2. The molecule has 1 aliphatic rings. The molecule has 1 aliphatic carbocycles. The Morgan fingerprint density at radius 3 is 2.55 bits per heavy atom. The zero-order chi connectivity index (χ0) is 14.0. The summed E-state index contributed by atoms with van der Waals surface area (Å²) in [5, 5.41) is 5.32. The van der Waals surface area contributed by atoms with Gasteiger partial charge < -0.3 is 11.1 Å². The van der Waals surface area contributed by atoms with Crippen molar-refractivity contribution in [2.24, 2.45) is 11.1 Å². The van der Waals surface area contributed by atoms with Crippen LogP contribution < -0.4 is 11.1 Å².